The molecule has 0 aromatic heterocycles. The highest BCUT2D eigenvalue weighted by atomic mass is 16.5. The number of aliphatic carboxylic acids is 1. The standard InChI is InChI=1S/C22H43NO4/c1-23(2,3)19-20-27-22(26)18-16-14-12-10-8-6-4-5-7-9-11-13-15-17-21(24)25/h4-20H2,1-3H3. The van der Waals surface area contributed by atoms with Gasteiger partial charge in [0.2, 0.25) is 0 Å². The number of rotatable bonds is 19. The van der Waals surface area contributed by atoms with Crippen LogP contribution in [-0.4, -0.2) is 50.7 Å². The maximum absolute atomic E-state index is 11.6. The minimum atomic E-state index is -0.926. The molecular formula is C22H43NO4. The minimum Gasteiger partial charge on any atom is -0.550 e. The lowest BCUT2D eigenvalue weighted by atomic mass is 10.0. The Labute approximate surface area is 167 Å². The fourth-order valence-electron chi connectivity index (χ4n) is 2.99. The first-order chi connectivity index (χ1) is 12.8. The summed E-state index contributed by atoms with van der Waals surface area (Å²) in [6.45, 7) is 1.37. The summed E-state index contributed by atoms with van der Waals surface area (Å²) in [5.41, 5.74) is 0. The van der Waals surface area contributed by atoms with Crippen LogP contribution >= 0.6 is 0 Å². The zero-order valence-corrected chi connectivity index (χ0v) is 18.1. The quantitative estimate of drug-likeness (QED) is 0.192. The molecule has 0 N–H and O–H groups in total. The summed E-state index contributed by atoms with van der Waals surface area (Å²) in [6, 6.07) is 0. The Morgan fingerprint density at radius 2 is 1.04 bits per heavy atom. The van der Waals surface area contributed by atoms with E-state index in [1.807, 2.05) is 0 Å². The Balaban J connectivity index is 3.18. The van der Waals surface area contributed by atoms with Crippen LogP contribution in [0.15, 0.2) is 0 Å². The predicted octanol–water partition coefficient (Wildman–Crippen LogP) is 3.84. The van der Waals surface area contributed by atoms with E-state index in [-0.39, 0.29) is 12.4 Å². The summed E-state index contributed by atoms with van der Waals surface area (Å²) >= 11 is 0. The normalized spacial score (nSPS) is 11.5. The molecule has 0 aliphatic heterocycles. The van der Waals surface area contributed by atoms with Crippen molar-refractivity contribution in [3.63, 3.8) is 0 Å². The molecule has 0 atom stereocenters. The molecule has 0 aliphatic carbocycles. The summed E-state index contributed by atoms with van der Waals surface area (Å²) in [5, 5.41) is 10.3. The van der Waals surface area contributed by atoms with Gasteiger partial charge in [-0.3, -0.25) is 4.79 Å². The van der Waals surface area contributed by atoms with Crippen LogP contribution in [0, 0.1) is 0 Å². The molecule has 0 fully saturated rings. The average molecular weight is 386 g/mol. The first-order valence-corrected chi connectivity index (χ1v) is 11.0. The Morgan fingerprint density at radius 1 is 0.667 bits per heavy atom. The molecule has 5 nitrogen and oxygen atoms in total. The van der Waals surface area contributed by atoms with Crippen LogP contribution in [0.1, 0.15) is 96.3 Å². The minimum absolute atomic E-state index is 0.0527. The lowest BCUT2D eigenvalue weighted by molar-refractivity contribution is -0.870. The highest BCUT2D eigenvalue weighted by molar-refractivity contribution is 5.69. The summed E-state index contributed by atoms with van der Waals surface area (Å²) in [4.78, 5) is 21.9. The molecule has 160 valence electrons. The van der Waals surface area contributed by atoms with E-state index in [4.69, 9.17) is 4.74 Å². The van der Waals surface area contributed by atoms with Crippen molar-refractivity contribution in [2.75, 3.05) is 34.3 Å². The second-order valence-electron chi connectivity index (χ2n) is 8.70. The van der Waals surface area contributed by atoms with E-state index >= 15 is 0 Å². The number of hydrogen-bond donors (Lipinski definition) is 0. The number of likely N-dealkylation sites (N-methyl/N-ethyl adjacent to an activating group) is 1. The number of carbonyl (C=O) groups excluding carboxylic acids is 2. The lowest BCUT2D eigenvalue weighted by Gasteiger charge is -2.23. The van der Waals surface area contributed by atoms with Gasteiger partial charge in [0.05, 0.1) is 21.1 Å². The monoisotopic (exact) mass is 385 g/mol. The second kappa shape index (κ2) is 17.0. The van der Waals surface area contributed by atoms with Gasteiger partial charge in [-0.05, 0) is 19.3 Å². The zero-order chi connectivity index (χ0) is 20.4. The van der Waals surface area contributed by atoms with Crippen LogP contribution < -0.4 is 5.11 Å². The van der Waals surface area contributed by atoms with Crippen molar-refractivity contribution in [2.24, 2.45) is 0 Å². The summed E-state index contributed by atoms with van der Waals surface area (Å²) in [6.07, 6.45) is 15.9. The molecule has 0 radical (unpaired) electrons. The van der Waals surface area contributed by atoms with Gasteiger partial charge in [0.25, 0.3) is 0 Å². The SMILES string of the molecule is C[N+](C)(C)CCOC(=O)CCCCCCCCCCCCCCCC(=O)[O-]. The van der Waals surface area contributed by atoms with Crippen LogP contribution in [0.25, 0.3) is 0 Å². The van der Waals surface area contributed by atoms with E-state index < -0.39 is 5.97 Å². The van der Waals surface area contributed by atoms with Crippen molar-refractivity contribution >= 4 is 11.9 Å². The van der Waals surface area contributed by atoms with Gasteiger partial charge in [0.1, 0.15) is 13.2 Å². The number of hydrogen-bond acceptors (Lipinski definition) is 4. The Bertz CT molecular complexity index is 377. The number of ether oxygens (including phenoxy) is 1. The number of carboxylic acid groups (broad SMARTS) is 1. The van der Waals surface area contributed by atoms with E-state index in [0.29, 0.717) is 13.0 Å². The van der Waals surface area contributed by atoms with E-state index in [0.717, 1.165) is 43.1 Å². The maximum atomic E-state index is 11.6. The van der Waals surface area contributed by atoms with Gasteiger partial charge in [0, 0.05) is 12.4 Å². The second-order valence-corrected chi connectivity index (χ2v) is 8.70. The molecule has 0 amide bonds. The number of quaternary nitrogens is 1. The topological polar surface area (TPSA) is 66.4 Å². The van der Waals surface area contributed by atoms with Crippen molar-refractivity contribution in [1.82, 2.24) is 0 Å². The van der Waals surface area contributed by atoms with Crippen molar-refractivity contribution in [3.8, 4) is 0 Å². The summed E-state index contributed by atoms with van der Waals surface area (Å²) in [5.74, 6) is -0.978. The van der Waals surface area contributed by atoms with Crippen molar-refractivity contribution in [3.05, 3.63) is 0 Å². The number of nitrogens with zero attached hydrogens (tertiary/aromatic N) is 1. The zero-order valence-electron chi connectivity index (χ0n) is 18.1. The molecule has 0 saturated carbocycles. The molecule has 27 heavy (non-hydrogen) atoms. The molecule has 0 unspecified atom stereocenters. The first kappa shape index (κ1) is 25.9. The molecule has 0 aromatic rings. The smallest absolute Gasteiger partial charge is 0.305 e. The van der Waals surface area contributed by atoms with Gasteiger partial charge in [-0.1, -0.05) is 70.6 Å². The Kier molecular flexibility index (Phi) is 16.3. The van der Waals surface area contributed by atoms with E-state index in [9.17, 15) is 14.7 Å². The third-order valence-electron chi connectivity index (χ3n) is 4.79. The molecule has 0 spiro atoms. The van der Waals surface area contributed by atoms with Crippen LogP contribution in [-0.2, 0) is 14.3 Å². The van der Waals surface area contributed by atoms with Gasteiger partial charge < -0.3 is 19.1 Å². The van der Waals surface area contributed by atoms with Gasteiger partial charge in [-0.2, -0.15) is 0 Å². The van der Waals surface area contributed by atoms with E-state index in [2.05, 4.69) is 21.1 Å². The van der Waals surface area contributed by atoms with Gasteiger partial charge in [0.15, 0.2) is 0 Å². The summed E-state index contributed by atoms with van der Waals surface area (Å²) < 4.78 is 6.08. The van der Waals surface area contributed by atoms with Gasteiger partial charge in [-0.25, -0.2) is 0 Å². The van der Waals surface area contributed by atoms with E-state index in [1.54, 1.807) is 0 Å². The highest BCUT2D eigenvalue weighted by Gasteiger charge is 2.09. The van der Waals surface area contributed by atoms with Crippen LogP contribution in [0.3, 0.4) is 0 Å². The molecule has 0 bridgehead atoms. The third kappa shape index (κ3) is 22.9. The number of carboxylic acids is 1. The van der Waals surface area contributed by atoms with Crippen LogP contribution in [0.4, 0.5) is 0 Å². The molecular weight excluding hydrogens is 342 g/mol. The van der Waals surface area contributed by atoms with Gasteiger partial charge >= 0.3 is 5.97 Å². The highest BCUT2D eigenvalue weighted by Crippen LogP contribution is 2.13. The third-order valence-corrected chi connectivity index (χ3v) is 4.79. The van der Waals surface area contributed by atoms with E-state index in [1.165, 1.54) is 51.4 Å². The Morgan fingerprint density at radius 3 is 1.41 bits per heavy atom. The molecule has 0 heterocycles. The van der Waals surface area contributed by atoms with Crippen molar-refractivity contribution in [2.45, 2.75) is 96.3 Å². The van der Waals surface area contributed by atoms with Crippen molar-refractivity contribution in [1.29, 1.82) is 0 Å². The predicted molar refractivity (Wildman–Crippen MR) is 108 cm³/mol. The number of unbranched alkanes of at least 4 members (excludes halogenated alkanes) is 12. The molecule has 0 aliphatic rings. The first-order valence-electron chi connectivity index (χ1n) is 11.0. The van der Waals surface area contributed by atoms with Crippen LogP contribution in [0.5, 0.6) is 0 Å². The lowest BCUT2D eigenvalue weighted by Crippen LogP contribution is -2.37. The molecule has 0 rings (SSSR count). The van der Waals surface area contributed by atoms with Gasteiger partial charge in [-0.15, -0.1) is 0 Å². The number of carbonyl (C=O) groups is 2. The molecule has 0 aromatic carbocycles. The summed E-state index contributed by atoms with van der Waals surface area (Å²) in [7, 11) is 6.28. The maximum Gasteiger partial charge on any atom is 0.305 e. The largest absolute Gasteiger partial charge is 0.550 e. The number of esters is 1. The molecule has 0 saturated heterocycles. The van der Waals surface area contributed by atoms with Crippen LogP contribution in [0.2, 0.25) is 0 Å². The average Bonchev–Trinajstić information content (AvgIpc) is 2.57. The molecule has 5 heteroatoms. The van der Waals surface area contributed by atoms with Crippen molar-refractivity contribution < 1.29 is 23.9 Å². The fraction of sp³-hybridized carbons (Fsp3) is 0.909. The fourth-order valence-corrected chi connectivity index (χ4v) is 2.99. The Hall–Kier alpha value is -1.10.